The monoisotopic (exact) mass is 473 g/mol. The molecule has 0 bridgehead atoms. The van der Waals surface area contributed by atoms with E-state index in [1.54, 1.807) is 7.05 Å². The maximum absolute atomic E-state index is 5.79. The van der Waals surface area contributed by atoms with E-state index >= 15 is 0 Å². The van der Waals surface area contributed by atoms with Crippen molar-refractivity contribution in [2.75, 3.05) is 40.0 Å². The van der Waals surface area contributed by atoms with E-state index in [4.69, 9.17) is 9.47 Å². The Morgan fingerprint density at radius 2 is 2.08 bits per heavy atom. The van der Waals surface area contributed by atoms with Crippen LogP contribution in [0.1, 0.15) is 25.3 Å². The first-order chi connectivity index (χ1) is 12.3. The Bertz CT molecular complexity index is 549. The third kappa shape index (κ3) is 9.54. The molecule has 1 aliphatic rings. The lowest BCUT2D eigenvalue weighted by Gasteiger charge is -2.17. The summed E-state index contributed by atoms with van der Waals surface area (Å²) in [7, 11) is 1.81. The van der Waals surface area contributed by atoms with Gasteiger partial charge in [0.05, 0.1) is 26.4 Å². The van der Waals surface area contributed by atoms with Gasteiger partial charge in [-0.15, -0.1) is 24.0 Å². The second-order valence-electron chi connectivity index (χ2n) is 6.42. The van der Waals surface area contributed by atoms with Crippen LogP contribution in [0, 0.1) is 5.92 Å². The average molecular weight is 473 g/mol. The van der Waals surface area contributed by atoms with Crippen molar-refractivity contribution in [3.8, 4) is 0 Å². The zero-order chi connectivity index (χ0) is 17.7. The molecule has 6 heteroatoms. The topological polar surface area (TPSA) is 54.9 Å². The quantitative estimate of drug-likeness (QED) is 0.250. The minimum Gasteiger partial charge on any atom is -0.377 e. The van der Waals surface area contributed by atoms with Gasteiger partial charge in [-0.25, -0.2) is 0 Å². The molecule has 1 aliphatic heterocycles. The van der Waals surface area contributed by atoms with Crippen LogP contribution in [-0.2, 0) is 16.1 Å². The molecule has 146 valence electrons. The first-order valence-electron chi connectivity index (χ1n) is 9.09. The van der Waals surface area contributed by atoms with Crippen LogP contribution in [0.5, 0.6) is 0 Å². The van der Waals surface area contributed by atoms with Crippen molar-refractivity contribution in [3.63, 3.8) is 0 Å². The summed E-state index contributed by atoms with van der Waals surface area (Å²) in [6.07, 6.45) is 4.27. The van der Waals surface area contributed by atoms with E-state index in [0.717, 1.165) is 51.7 Å². The third-order valence-electron chi connectivity index (χ3n) is 4.15. The molecule has 5 nitrogen and oxygen atoms in total. The molecule has 1 unspecified atom stereocenters. The number of nitrogens with one attached hydrogen (secondary N) is 2. The van der Waals surface area contributed by atoms with Crippen molar-refractivity contribution in [1.82, 2.24) is 10.6 Å². The van der Waals surface area contributed by atoms with Gasteiger partial charge >= 0.3 is 0 Å². The van der Waals surface area contributed by atoms with Gasteiger partial charge in [-0.2, -0.15) is 0 Å². The Morgan fingerprint density at radius 3 is 2.77 bits per heavy atom. The number of nitrogens with zero attached hydrogens (tertiary/aromatic N) is 1. The zero-order valence-corrected chi connectivity index (χ0v) is 18.2. The number of halogens is 1. The van der Waals surface area contributed by atoms with Crippen LogP contribution in [0.25, 0.3) is 0 Å². The van der Waals surface area contributed by atoms with E-state index in [0.29, 0.717) is 12.5 Å². The van der Waals surface area contributed by atoms with Crippen molar-refractivity contribution >= 4 is 29.9 Å². The molecule has 2 rings (SSSR count). The van der Waals surface area contributed by atoms with Crippen molar-refractivity contribution in [1.29, 1.82) is 0 Å². The molecule has 0 fully saturated rings. The van der Waals surface area contributed by atoms with Crippen LogP contribution in [0.3, 0.4) is 0 Å². The molecule has 1 aromatic rings. The van der Waals surface area contributed by atoms with Gasteiger partial charge in [0.2, 0.25) is 0 Å². The number of aliphatic imine (C=N–C) groups is 1. The van der Waals surface area contributed by atoms with Crippen LogP contribution in [0.4, 0.5) is 0 Å². The van der Waals surface area contributed by atoms with Crippen molar-refractivity contribution in [2.24, 2.45) is 10.9 Å². The lowest BCUT2D eigenvalue weighted by molar-refractivity contribution is 0.0931. The van der Waals surface area contributed by atoms with Crippen LogP contribution < -0.4 is 10.6 Å². The molecule has 0 radical (unpaired) electrons. The number of hydrogen-bond donors (Lipinski definition) is 2. The molecule has 0 saturated heterocycles. The number of guanidine groups is 1. The van der Waals surface area contributed by atoms with E-state index in [-0.39, 0.29) is 24.0 Å². The van der Waals surface area contributed by atoms with E-state index < -0.39 is 0 Å². The van der Waals surface area contributed by atoms with E-state index in [9.17, 15) is 0 Å². The van der Waals surface area contributed by atoms with E-state index in [1.807, 2.05) is 18.2 Å². The summed E-state index contributed by atoms with van der Waals surface area (Å²) in [4.78, 5) is 4.28. The van der Waals surface area contributed by atoms with E-state index in [2.05, 4.69) is 40.8 Å². The highest BCUT2D eigenvalue weighted by atomic mass is 127. The highest BCUT2D eigenvalue weighted by Gasteiger charge is 2.06. The molecule has 2 N–H and O–H groups in total. The van der Waals surface area contributed by atoms with Crippen LogP contribution in [-0.4, -0.2) is 45.9 Å². The molecule has 1 aromatic carbocycles. The fourth-order valence-electron chi connectivity index (χ4n) is 2.64. The molecule has 0 saturated carbocycles. The molecule has 0 aromatic heterocycles. The summed E-state index contributed by atoms with van der Waals surface area (Å²) in [6.45, 7) is 6.90. The second kappa shape index (κ2) is 14.0. The van der Waals surface area contributed by atoms with Gasteiger partial charge in [-0.1, -0.05) is 48.9 Å². The molecular weight excluding hydrogens is 441 g/mol. The fraction of sp³-hybridized carbons (Fsp3) is 0.550. The number of hydrogen-bond acceptors (Lipinski definition) is 3. The van der Waals surface area contributed by atoms with Gasteiger partial charge in [-0.05, 0) is 24.3 Å². The maximum atomic E-state index is 5.79. The Kier molecular flexibility index (Phi) is 12.3. The Morgan fingerprint density at radius 1 is 1.27 bits per heavy atom. The molecular formula is C20H32IN3O2. The minimum atomic E-state index is 0. The Labute approximate surface area is 174 Å². The number of rotatable bonds is 9. The summed E-state index contributed by atoms with van der Waals surface area (Å²) in [5.41, 5.74) is 2.68. The number of ether oxygens (including phenoxy) is 2. The summed E-state index contributed by atoms with van der Waals surface area (Å²) >= 11 is 0. The Balaban J connectivity index is 0.00000338. The van der Waals surface area contributed by atoms with Gasteiger partial charge in [-0.3, -0.25) is 4.99 Å². The summed E-state index contributed by atoms with van der Waals surface area (Å²) in [5, 5.41) is 6.74. The minimum absolute atomic E-state index is 0. The van der Waals surface area contributed by atoms with Crippen LogP contribution in [0.2, 0.25) is 0 Å². The highest BCUT2D eigenvalue weighted by Crippen LogP contribution is 2.10. The SMILES string of the molecule is CN=C(NCCC1=CCOCC1)NCC(C)COCc1ccccc1.I. The molecule has 26 heavy (non-hydrogen) atoms. The largest absolute Gasteiger partial charge is 0.377 e. The van der Waals surface area contributed by atoms with Crippen LogP contribution >= 0.6 is 24.0 Å². The predicted molar refractivity (Wildman–Crippen MR) is 118 cm³/mol. The summed E-state index contributed by atoms with van der Waals surface area (Å²) in [5.74, 6) is 1.27. The van der Waals surface area contributed by atoms with Crippen molar-refractivity contribution < 1.29 is 9.47 Å². The fourth-order valence-corrected chi connectivity index (χ4v) is 2.64. The molecule has 0 aliphatic carbocycles. The smallest absolute Gasteiger partial charge is 0.190 e. The third-order valence-corrected chi connectivity index (χ3v) is 4.15. The standard InChI is InChI=1S/C20H31N3O2.HI/c1-17(15-25-16-19-6-4-3-5-7-19)14-23-20(21-2)22-11-8-18-9-12-24-13-10-18;/h3-7,9,17H,8,10-16H2,1-2H3,(H2,21,22,23);1H. The number of benzene rings is 1. The lowest BCUT2D eigenvalue weighted by atomic mass is 10.1. The first-order valence-corrected chi connectivity index (χ1v) is 9.09. The molecule has 1 atom stereocenters. The predicted octanol–water partition coefficient (Wildman–Crippen LogP) is 3.36. The van der Waals surface area contributed by atoms with Gasteiger partial charge in [0.1, 0.15) is 0 Å². The second-order valence-corrected chi connectivity index (χ2v) is 6.42. The summed E-state index contributed by atoms with van der Waals surface area (Å²) in [6, 6.07) is 10.3. The Hall–Kier alpha value is -1.12. The van der Waals surface area contributed by atoms with Crippen LogP contribution in [0.15, 0.2) is 47.0 Å². The van der Waals surface area contributed by atoms with Crippen molar-refractivity contribution in [3.05, 3.63) is 47.5 Å². The van der Waals surface area contributed by atoms with Gasteiger partial charge in [0, 0.05) is 20.1 Å². The van der Waals surface area contributed by atoms with Gasteiger partial charge in [0.15, 0.2) is 5.96 Å². The normalized spacial score (nSPS) is 15.6. The first kappa shape index (κ1) is 22.9. The average Bonchev–Trinajstić information content (AvgIpc) is 2.66. The highest BCUT2D eigenvalue weighted by molar-refractivity contribution is 14.0. The molecule has 0 spiro atoms. The van der Waals surface area contributed by atoms with E-state index in [1.165, 1.54) is 11.1 Å². The molecule has 0 amide bonds. The van der Waals surface area contributed by atoms with Gasteiger partial charge in [0.25, 0.3) is 0 Å². The maximum Gasteiger partial charge on any atom is 0.190 e. The summed E-state index contributed by atoms with van der Waals surface area (Å²) < 4.78 is 11.1. The molecule has 1 heterocycles. The zero-order valence-electron chi connectivity index (χ0n) is 15.9. The lowest BCUT2D eigenvalue weighted by Crippen LogP contribution is -2.40. The van der Waals surface area contributed by atoms with Crippen molar-refractivity contribution in [2.45, 2.75) is 26.4 Å². The van der Waals surface area contributed by atoms with Gasteiger partial charge < -0.3 is 20.1 Å².